The van der Waals surface area contributed by atoms with Crippen molar-refractivity contribution >= 4 is 22.5 Å². The van der Waals surface area contributed by atoms with Crippen molar-refractivity contribution in [1.29, 1.82) is 0 Å². The lowest BCUT2D eigenvalue weighted by atomic mass is 10.0. The topological polar surface area (TPSA) is 42.5 Å². The molecule has 0 saturated heterocycles. The van der Waals surface area contributed by atoms with E-state index in [0.717, 1.165) is 55.3 Å². The molecule has 0 aliphatic heterocycles. The highest BCUT2D eigenvalue weighted by Gasteiger charge is 2.06. The van der Waals surface area contributed by atoms with E-state index in [4.69, 9.17) is 9.47 Å². The van der Waals surface area contributed by atoms with Crippen LogP contribution in [0.2, 0.25) is 0 Å². The Morgan fingerprint density at radius 1 is 0.426 bits per heavy atom. The maximum atomic E-state index is 6.39. The van der Waals surface area contributed by atoms with Crippen LogP contribution in [-0.4, -0.2) is 20.3 Å². The number of fused-ring (bicyclic) bond motifs is 1. The van der Waals surface area contributed by atoms with Gasteiger partial charge in [0.2, 0.25) is 0 Å². The minimum absolute atomic E-state index is 0.773. The molecule has 2 N–H and O–H groups in total. The van der Waals surface area contributed by atoms with Gasteiger partial charge >= 0.3 is 0 Å². The molecular formula is C56H93N2O2S-. The van der Waals surface area contributed by atoms with Gasteiger partial charge in [0.25, 0.3) is 0 Å². The average Bonchev–Trinajstić information content (AvgIpc) is 3.28. The first-order valence-corrected chi connectivity index (χ1v) is 27.0. The molecule has 0 aromatic heterocycles. The number of hydrogen-bond acceptors (Lipinski definition) is 5. The van der Waals surface area contributed by atoms with Gasteiger partial charge in [0.1, 0.15) is 11.5 Å². The zero-order valence-corrected chi connectivity index (χ0v) is 40.8. The van der Waals surface area contributed by atoms with Crippen molar-refractivity contribution < 1.29 is 9.47 Å². The number of unbranched alkanes of at least 4 members (excludes halogenated alkanes) is 30. The largest absolute Gasteiger partial charge is 0.493 e. The van der Waals surface area contributed by atoms with E-state index in [1.54, 1.807) is 11.8 Å². The molecule has 0 radical (unpaired) electrons. The Morgan fingerprint density at radius 3 is 1.23 bits per heavy atom. The summed E-state index contributed by atoms with van der Waals surface area (Å²) in [6.07, 6.45) is 44.3. The van der Waals surface area contributed by atoms with E-state index in [2.05, 4.69) is 85.1 Å². The molecule has 3 aromatic carbocycles. The third-order valence-corrected chi connectivity index (χ3v) is 13.5. The molecule has 0 atom stereocenters. The summed E-state index contributed by atoms with van der Waals surface area (Å²) in [5, 5.41) is 9.58. The first kappa shape index (κ1) is 53.1. The van der Waals surface area contributed by atoms with Gasteiger partial charge in [-0.3, -0.25) is 0 Å². The number of nitrogens with one attached hydrogen (secondary N) is 2. The molecule has 0 fully saturated rings. The van der Waals surface area contributed by atoms with Crippen molar-refractivity contribution in [1.82, 2.24) is 10.6 Å². The van der Waals surface area contributed by atoms with E-state index in [9.17, 15) is 0 Å². The molecule has 0 amide bonds. The highest BCUT2D eigenvalue weighted by Crippen LogP contribution is 2.29. The molecule has 346 valence electrons. The van der Waals surface area contributed by atoms with Gasteiger partial charge in [-0.25, -0.2) is 0 Å². The highest BCUT2D eigenvalue weighted by molar-refractivity contribution is 8.01. The Morgan fingerprint density at radius 2 is 0.820 bits per heavy atom. The summed E-state index contributed by atoms with van der Waals surface area (Å²) in [6, 6.07) is 21.8. The van der Waals surface area contributed by atoms with Gasteiger partial charge in [0, 0.05) is 6.07 Å². The van der Waals surface area contributed by atoms with Crippen LogP contribution in [0.25, 0.3) is 10.8 Å². The van der Waals surface area contributed by atoms with Crippen molar-refractivity contribution in [2.75, 3.05) is 20.3 Å². The third kappa shape index (κ3) is 28.3. The number of thioether (sulfide) groups is 1. The van der Waals surface area contributed by atoms with Crippen LogP contribution in [0.1, 0.15) is 230 Å². The maximum Gasteiger partial charge on any atom is 0.123 e. The van der Waals surface area contributed by atoms with E-state index in [1.165, 1.54) is 215 Å². The monoisotopic (exact) mass is 858 g/mol. The van der Waals surface area contributed by atoms with Gasteiger partial charge in [-0.15, -0.1) is 5.50 Å². The molecule has 0 aliphatic rings. The molecule has 4 nitrogen and oxygen atoms in total. The van der Waals surface area contributed by atoms with Crippen molar-refractivity contribution in [2.45, 2.75) is 232 Å². The minimum Gasteiger partial charge on any atom is -0.493 e. The Bertz CT molecular complexity index is 1370. The number of benzene rings is 3. The summed E-state index contributed by atoms with van der Waals surface area (Å²) in [4.78, 5) is 0. The molecule has 3 aromatic rings. The number of rotatable bonds is 43. The second-order valence-corrected chi connectivity index (χ2v) is 19.0. The first-order valence-electron chi connectivity index (χ1n) is 26.0. The lowest BCUT2D eigenvalue weighted by molar-refractivity contribution is 0.289. The third-order valence-electron chi connectivity index (χ3n) is 12.4. The lowest BCUT2D eigenvalue weighted by Gasteiger charge is -2.32. The fourth-order valence-corrected chi connectivity index (χ4v) is 9.26. The Balaban J connectivity index is 1.33. The summed E-state index contributed by atoms with van der Waals surface area (Å²) < 4.78 is 12.8. The second-order valence-electron chi connectivity index (χ2n) is 18.0. The summed E-state index contributed by atoms with van der Waals surface area (Å²) in [5.41, 5.74) is 3.58. The normalized spacial score (nSPS) is 11.6. The molecule has 0 aliphatic carbocycles. The van der Waals surface area contributed by atoms with Crippen molar-refractivity contribution in [3.8, 4) is 11.5 Å². The summed E-state index contributed by atoms with van der Waals surface area (Å²) >= 11 is 1.80. The van der Waals surface area contributed by atoms with Crippen LogP contribution in [0, 0.1) is 5.50 Å². The van der Waals surface area contributed by atoms with Crippen LogP contribution in [0.5, 0.6) is 11.5 Å². The lowest BCUT2D eigenvalue weighted by Crippen LogP contribution is -2.28. The summed E-state index contributed by atoms with van der Waals surface area (Å²) in [7, 11) is 2.00. The standard InChI is InChI=1S/C56H93N2O2S/c1-4-6-8-10-12-14-16-18-20-22-24-26-28-30-32-36-42-59-54-45-51(49-61-56(57-3)58-48-50-40-41-52-38-34-35-39-53(52)44-50)46-55(47-54)60-43-37-33-31-29-27-25-23-21-19-17-15-13-11-9-7-5-2/h34-35,38-41,44-47,57-58H,4-33,36-37,42-43,48-49H2,1-3H3/q-1. The molecule has 3 rings (SSSR count). The number of hydrogen-bond donors (Lipinski definition) is 2. The van der Waals surface area contributed by atoms with Gasteiger partial charge in [0.05, 0.1) is 13.2 Å². The van der Waals surface area contributed by atoms with E-state index in [0.29, 0.717) is 0 Å². The Labute approximate surface area is 381 Å². The van der Waals surface area contributed by atoms with Crippen LogP contribution in [0.3, 0.4) is 0 Å². The first-order chi connectivity index (χ1) is 30.2. The van der Waals surface area contributed by atoms with E-state index < -0.39 is 0 Å². The fraction of sp³-hybridized carbons (Fsp3) is 0.696. The van der Waals surface area contributed by atoms with E-state index >= 15 is 0 Å². The van der Waals surface area contributed by atoms with Crippen LogP contribution >= 0.6 is 11.8 Å². The van der Waals surface area contributed by atoms with Gasteiger partial charge < -0.3 is 31.9 Å². The van der Waals surface area contributed by atoms with Crippen molar-refractivity contribution in [2.24, 2.45) is 0 Å². The van der Waals surface area contributed by atoms with Crippen molar-refractivity contribution in [3.05, 3.63) is 77.3 Å². The van der Waals surface area contributed by atoms with Crippen LogP contribution in [0.4, 0.5) is 0 Å². The molecule has 0 unspecified atom stereocenters. The second kappa shape index (κ2) is 38.3. The van der Waals surface area contributed by atoms with Gasteiger partial charge in [-0.1, -0.05) is 243 Å². The van der Waals surface area contributed by atoms with Crippen LogP contribution in [-0.2, 0) is 12.3 Å². The maximum absolute atomic E-state index is 6.39. The van der Waals surface area contributed by atoms with E-state index in [1.807, 2.05) is 7.05 Å². The van der Waals surface area contributed by atoms with Gasteiger partial charge in [0.15, 0.2) is 0 Å². The molecule has 0 saturated carbocycles. The molecule has 61 heavy (non-hydrogen) atoms. The van der Waals surface area contributed by atoms with Crippen LogP contribution < -0.4 is 20.1 Å². The zero-order chi connectivity index (χ0) is 43.1. The van der Waals surface area contributed by atoms with Crippen LogP contribution in [0.15, 0.2) is 60.7 Å². The summed E-state index contributed by atoms with van der Waals surface area (Å²) in [5.74, 6) is 2.72. The zero-order valence-electron chi connectivity index (χ0n) is 40.0. The molecule has 0 spiro atoms. The van der Waals surface area contributed by atoms with Crippen molar-refractivity contribution in [3.63, 3.8) is 0 Å². The molecule has 0 bridgehead atoms. The molecular weight excluding hydrogens is 765 g/mol. The minimum atomic E-state index is 0.773. The van der Waals surface area contributed by atoms with Gasteiger partial charge in [-0.2, -0.15) is 0 Å². The Hall–Kier alpha value is -2.21. The van der Waals surface area contributed by atoms with Gasteiger partial charge in [-0.05, 0) is 72.3 Å². The molecule has 0 heterocycles. The number of ether oxygens (including phenoxy) is 2. The predicted octanol–water partition coefficient (Wildman–Crippen LogP) is 17.8. The summed E-state index contributed by atoms with van der Waals surface area (Å²) in [6.45, 7) is 6.93. The molecule has 5 heteroatoms. The highest BCUT2D eigenvalue weighted by atomic mass is 32.2. The van der Waals surface area contributed by atoms with E-state index in [-0.39, 0.29) is 0 Å². The fourth-order valence-electron chi connectivity index (χ4n) is 8.46. The quantitative estimate of drug-likeness (QED) is 0.0438. The smallest absolute Gasteiger partial charge is 0.123 e. The predicted molar refractivity (Wildman–Crippen MR) is 271 cm³/mol. The average molecular weight is 858 g/mol. The Kier molecular flexibility index (Phi) is 33.3. The SMILES string of the molecule is CCCCCCCCCCCCCCCCCCOc1cc(CS[C-](NC)NCc2ccc3ccccc3c2)cc(OCCCCCCCCCCCCCCCCCC)c1.